The molecule has 3 rings (SSSR count). The summed E-state index contributed by atoms with van der Waals surface area (Å²) >= 11 is 5.97. The second kappa shape index (κ2) is 3.82. The fourth-order valence-corrected chi connectivity index (χ4v) is 2.96. The van der Waals surface area contributed by atoms with Crippen LogP contribution < -0.4 is 0 Å². The number of halogens is 1. The minimum Gasteiger partial charge on any atom is -0.266 e. The molecule has 82 valence electrons. The number of rotatable bonds is 3. The molecular formula is C12H17ClN2. The molecule has 0 saturated heterocycles. The lowest BCUT2D eigenvalue weighted by molar-refractivity contribution is 0.449. The van der Waals surface area contributed by atoms with Gasteiger partial charge in [0.25, 0.3) is 0 Å². The number of alkyl halides is 1. The molecule has 0 radical (unpaired) electrons. The predicted molar refractivity (Wildman–Crippen MR) is 61.3 cm³/mol. The van der Waals surface area contributed by atoms with Gasteiger partial charge in [-0.3, -0.25) is 4.68 Å². The zero-order valence-corrected chi connectivity index (χ0v) is 9.71. The summed E-state index contributed by atoms with van der Waals surface area (Å²) in [6.07, 6.45) is 10.0. The molecular weight excluding hydrogens is 208 g/mol. The summed E-state index contributed by atoms with van der Waals surface area (Å²) in [7, 11) is 0. The van der Waals surface area contributed by atoms with Crippen LogP contribution in [0.1, 0.15) is 61.7 Å². The number of nitrogens with zero attached hydrogens (tertiary/aromatic N) is 2. The van der Waals surface area contributed by atoms with Crippen LogP contribution in [0, 0.1) is 0 Å². The molecule has 0 atom stereocenters. The fraction of sp³-hybridized carbons (Fsp3) is 0.750. The smallest absolute Gasteiger partial charge is 0.0537 e. The van der Waals surface area contributed by atoms with Crippen molar-refractivity contribution >= 4 is 11.6 Å². The van der Waals surface area contributed by atoms with Crippen molar-refractivity contribution in [3.63, 3.8) is 0 Å². The molecule has 3 heteroatoms. The van der Waals surface area contributed by atoms with Gasteiger partial charge in [-0.05, 0) is 25.7 Å². The van der Waals surface area contributed by atoms with Crippen LogP contribution in [-0.4, -0.2) is 9.78 Å². The van der Waals surface area contributed by atoms with E-state index in [4.69, 9.17) is 11.6 Å². The summed E-state index contributed by atoms with van der Waals surface area (Å²) in [6, 6.07) is 0.664. The van der Waals surface area contributed by atoms with Crippen LogP contribution in [0.3, 0.4) is 0 Å². The Hall–Kier alpha value is -0.500. The summed E-state index contributed by atoms with van der Waals surface area (Å²) in [5.74, 6) is 1.39. The topological polar surface area (TPSA) is 17.8 Å². The van der Waals surface area contributed by atoms with E-state index < -0.39 is 0 Å². The molecule has 2 aliphatic rings. The maximum Gasteiger partial charge on any atom is 0.0537 e. The summed E-state index contributed by atoms with van der Waals surface area (Å²) in [5.41, 5.74) is 2.72. The van der Waals surface area contributed by atoms with E-state index in [-0.39, 0.29) is 0 Å². The standard InChI is InChI=1S/C12H17ClN2/c13-7-10-8-14-15(11-3-1-2-4-11)12(10)9-5-6-9/h8-9,11H,1-7H2. The van der Waals surface area contributed by atoms with E-state index in [2.05, 4.69) is 9.78 Å². The van der Waals surface area contributed by atoms with Gasteiger partial charge in [0.05, 0.1) is 18.1 Å². The highest BCUT2D eigenvalue weighted by atomic mass is 35.5. The van der Waals surface area contributed by atoms with Crippen LogP contribution in [0.15, 0.2) is 6.20 Å². The van der Waals surface area contributed by atoms with Crippen molar-refractivity contribution in [1.82, 2.24) is 9.78 Å². The van der Waals surface area contributed by atoms with Gasteiger partial charge in [0.2, 0.25) is 0 Å². The lowest BCUT2D eigenvalue weighted by atomic mass is 10.1. The average Bonchev–Trinajstić information content (AvgIpc) is 2.83. The summed E-state index contributed by atoms with van der Waals surface area (Å²) in [4.78, 5) is 0. The number of aromatic nitrogens is 2. The van der Waals surface area contributed by atoms with E-state index in [9.17, 15) is 0 Å². The summed E-state index contributed by atoms with van der Waals surface area (Å²) in [5, 5.41) is 4.56. The van der Waals surface area contributed by atoms with Gasteiger partial charge in [-0.15, -0.1) is 11.6 Å². The molecule has 2 saturated carbocycles. The minimum absolute atomic E-state index is 0.624. The molecule has 2 aliphatic carbocycles. The molecule has 15 heavy (non-hydrogen) atoms. The van der Waals surface area contributed by atoms with Crippen molar-refractivity contribution in [2.45, 2.75) is 56.4 Å². The fourth-order valence-electron chi connectivity index (χ4n) is 2.76. The third kappa shape index (κ3) is 1.69. The molecule has 2 fully saturated rings. The zero-order valence-electron chi connectivity index (χ0n) is 8.95. The first-order valence-electron chi connectivity index (χ1n) is 6.02. The molecule has 0 unspecified atom stereocenters. The monoisotopic (exact) mass is 224 g/mol. The van der Waals surface area contributed by atoms with Crippen LogP contribution in [-0.2, 0) is 5.88 Å². The Morgan fingerprint density at radius 2 is 2.00 bits per heavy atom. The molecule has 2 nitrogen and oxygen atoms in total. The normalized spacial score (nSPS) is 22.5. The molecule has 1 aromatic heterocycles. The van der Waals surface area contributed by atoms with E-state index >= 15 is 0 Å². The summed E-state index contributed by atoms with van der Waals surface area (Å²) < 4.78 is 2.29. The van der Waals surface area contributed by atoms with Crippen LogP contribution in [0.2, 0.25) is 0 Å². The van der Waals surface area contributed by atoms with Crippen LogP contribution in [0.4, 0.5) is 0 Å². The average molecular weight is 225 g/mol. The Bertz CT molecular complexity index is 349. The molecule has 1 heterocycles. The Labute approximate surface area is 95.6 Å². The molecule has 0 bridgehead atoms. The van der Waals surface area contributed by atoms with Crippen molar-refractivity contribution < 1.29 is 0 Å². The van der Waals surface area contributed by atoms with Gasteiger partial charge >= 0.3 is 0 Å². The molecule has 0 amide bonds. The van der Waals surface area contributed by atoms with Crippen molar-refractivity contribution in [1.29, 1.82) is 0 Å². The van der Waals surface area contributed by atoms with E-state index in [0.29, 0.717) is 11.9 Å². The van der Waals surface area contributed by atoms with Gasteiger partial charge in [-0.2, -0.15) is 5.10 Å². The first kappa shape index (κ1) is 9.71. The van der Waals surface area contributed by atoms with E-state index in [1.54, 1.807) is 0 Å². The maximum absolute atomic E-state index is 5.97. The molecule has 0 aromatic carbocycles. The highest BCUT2D eigenvalue weighted by molar-refractivity contribution is 6.17. The zero-order chi connectivity index (χ0) is 10.3. The molecule has 0 spiro atoms. The quantitative estimate of drug-likeness (QED) is 0.718. The van der Waals surface area contributed by atoms with Gasteiger partial charge in [0, 0.05) is 17.2 Å². The third-order valence-electron chi connectivity index (χ3n) is 3.69. The van der Waals surface area contributed by atoms with E-state index in [0.717, 1.165) is 5.92 Å². The van der Waals surface area contributed by atoms with Crippen molar-refractivity contribution in [2.24, 2.45) is 0 Å². The highest BCUT2D eigenvalue weighted by Crippen LogP contribution is 2.44. The van der Waals surface area contributed by atoms with Crippen molar-refractivity contribution in [3.8, 4) is 0 Å². The largest absolute Gasteiger partial charge is 0.266 e. The van der Waals surface area contributed by atoms with E-state index in [1.165, 1.54) is 49.8 Å². The lowest BCUT2D eigenvalue weighted by Crippen LogP contribution is -2.10. The number of hydrogen-bond acceptors (Lipinski definition) is 1. The Kier molecular flexibility index (Phi) is 2.47. The van der Waals surface area contributed by atoms with Crippen molar-refractivity contribution in [2.75, 3.05) is 0 Å². The van der Waals surface area contributed by atoms with Gasteiger partial charge in [0.1, 0.15) is 0 Å². The van der Waals surface area contributed by atoms with Gasteiger partial charge < -0.3 is 0 Å². The second-order valence-corrected chi connectivity index (χ2v) is 5.11. The van der Waals surface area contributed by atoms with Crippen molar-refractivity contribution in [3.05, 3.63) is 17.5 Å². The van der Waals surface area contributed by atoms with Gasteiger partial charge in [-0.25, -0.2) is 0 Å². The summed E-state index contributed by atoms with van der Waals surface area (Å²) in [6.45, 7) is 0. The first-order chi connectivity index (χ1) is 7.40. The molecule has 1 aromatic rings. The lowest BCUT2D eigenvalue weighted by Gasteiger charge is -2.14. The minimum atomic E-state index is 0.624. The Morgan fingerprint density at radius 3 is 2.60 bits per heavy atom. The molecule has 0 N–H and O–H groups in total. The predicted octanol–water partition coefficient (Wildman–Crippen LogP) is 3.61. The number of hydrogen-bond donors (Lipinski definition) is 0. The van der Waals surface area contributed by atoms with Crippen LogP contribution in [0.5, 0.6) is 0 Å². The first-order valence-corrected chi connectivity index (χ1v) is 6.56. The third-order valence-corrected chi connectivity index (χ3v) is 3.98. The van der Waals surface area contributed by atoms with Crippen LogP contribution in [0.25, 0.3) is 0 Å². The van der Waals surface area contributed by atoms with Gasteiger partial charge in [-0.1, -0.05) is 12.8 Å². The Morgan fingerprint density at radius 1 is 1.27 bits per heavy atom. The molecule has 0 aliphatic heterocycles. The second-order valence-electron chi connectivity index (χ2n) is 4.85. The van der Waals surface area contributed by atoms with E-state index in [1.807, 2.05) is 6.20 Å². The Balaban J connectivity index is 1.94. The van der Waals surface area contributed by atoms with Crippen LogP contribution >= 0.6 is 11.6 Å². The SMILES string of the molecule is ClCc1cnn(C2CCCC2)c1C1CC1. The van der Waals surface area contributed by atoms with Gasteiger partial charge in [0.15, 0.2) is 0 Å². The maximum atomic E-state index is 5.97. The highest BCUT2D eigenvalue weighted by Gasteiger charge is 2.32.